The Morgan fingerprint density at radius 2 is 1.91 bits per heavy atom. The van der Waals surface area contributed by atoms with Crippen LogP contribution in [-0.4, -0.2) is 35.8 Å². The highest BCUT2D eigenvalue weighted by atomic mass is 32.2. The lowest BCUT2D eigenvalue weighted by atomic mass is 10.1. The minimum Gasteiger partial charge on any atom is -0.325 e. The molecule has 3 aromatic heterocycles. The molecule has 0 atom stereocenters. The van der Waals surface area contributed by atoms with Gasteiger partial charge in [-0.3, -0.25) is 0 Å². The zero-order chi connectivity index (χ0) is 23.1. The number of nitrogens with one attached hydrogen (secondary N) is 1. The van der Waals surface area contributed by atoms with Gasteiger partial charge in [-0.2, -0.15) is 10.2 Å². The Kier molecular flexibility index (Phi) is 5.65. The molecule has 0 aliphatic heterocycles. The van der Waals surface area contributed by atoms with Gasteiger partial charge in [0.2, 0.25) is 0 Å². The van der Waals surface area contributed by atoms with Gasteiger partial charge in [0.15, 0.2) is 5.82 Å². The zero-order valence-corrected chi connectivity index (χ0v) is 19.9. The van der Waals surface area contributed by atoms with E-state index in [2.05, 4.69) is 20.4 Å². The van der Waals surface area contributed by atoms with Gasteiger partial charge in [0.25, 0.3) is 0 Å². The first-order valence-electron chi connectivity index (χ1n) is 11.0. The van der Waals surface area contributed by atoms with Gasteiger partial charge in [-0.25, -0.2) is 23.7 Å². The van der Waals surface area contributed by atoms with E-state index in [0.717, 1.165) is 40.6 Å². The third kappa shape index (κ3) is 4.37. The van der Waals surface area contributed by atoms with Crippen molar-refractivity contribution in [2.75, 3.05) is 11.6 Å². The molecule has 1 fully saturated rings. The van der Waals surface area contributed by atoms with Crippen LogP contribution in [0, 0.1) is 32.5 Å². The molecule has 1 aromatic carbocycles. The lowest BCUT2D eigenvalue weighted by Crippen LogP contribution is -2.09. The number of aryl methyl sites for hydroxylation is 2. The number of hydrogen-bond acceptors (Lipinski definition) is 6. The van der Waals surface area contributed by atoms with Crippen molar-refractivity contribution < 1.29 is 4.39 Å². The van der Waals surface area contributed by atoms with Crippen molar-refractivity contribution in [2.24, 2.45) is 5.92 Å². The van der Waals surface area contributed by atoms with Crippen LogP contribution < -0.4 is 5.32 Å². The predicted molar refractivity (Wildman–Crippen MR) is 129 cm³/mol. The van der Waals surface area contributed by atoms with Gasteiger partial charge in [-0.05, 0) is 70.1 Å². The van der Waals surface area contributed by atoms with E-state index in [9.17, 15) is 4.39 Å². The summed E-state index contributed by atoms with van der Waals surface area (Å²) in [5, 5.41) is 12.9. The maximum absolute atomic E-state index is 14.1. The molecule has 5 rings (SSSR count). The highest BCUT2D eigenvalue weighted by molar-refractivity contribution is 7.98. The summed E-state index contributed by atoms with van der Waals surface area (Å²) >= 11 is 1.40. The number of hydrogen-bond donors (Lipinski definition) is 1. The monoisotopic (exact) mass is 463 g/mol. The molecular weight excluding hydrogens is 437 g/mol. The van der Waals surface area contributed by atoms with Gasteiger partial charge in [0.1, 0.15) is 23.8 Å². The van der Waals surface area contributed by atoms with E-state index in [1.165, 1.54) is 37.0 Å². The van der Waals surface area contributed by atoms with Crippen LogP contribution in [0.5, 0.6) is 0 Å². The fraction of sp³-hybridized carbons (Fsp3) is 0.333. The van der Waals surface area contributed by atoms with Crippen LogP contribution in [0.25, 0.3) is 17.1 Å². The van der Waals surface area contributed by atoms with Crippen LogP contribution >= 0.6 is 11.8 Å². The molecule has 3 heterocycles. The van der Waals surface area contributed by atoms with E-state index < -0.39 is 0 Å². The molecule has 0 amide bonds. The van der Waals surface area contributed by atoms with Gasteiger partial charge < -0.3 is 5.32 Å². The number of nitrogens with zero attached hydrogens (tertiary/aromatic N) is 6. The summed E-state index contributed by atoms with van der Waals surface area (Å²) in [4.78, 5) is 9.45. The third-order valence-corrected chi connectivity index (χ3v) is 6.62. The van der Waals surface area contributed by atoms with Gasteiger partial charge in [-0.15, -0.1) is 11.8 Å². The molecule has 0 bridgehead atoms. The molecule has 0 saturated heterocycles. The molecule has 0 unspecified atom stereocenters. The molecule has 0 spiro atoms. The first-order valence-corrected chi connectivity index (χ1v) is 12.2. The first-order chi connectivity index (χ1) is 15.9. The average molecular weight is 464 g/mol. The van der Waals surface area contributed by atoms with Gasteiger partial charge >= 0.3 is 0 Å². The molecule has 1 saturated carbocycles. The van der Waals surface area contributed by atoms with Crippen molar-refractivity contribution >= 4 is 23.4 Å². The molecule has 1 aliphatic rings. The molecule has 7 nitrogen and oxygen atoms in total. The third-order valence-electron chi connectivity index (χ3n) is 5.87. The molecule has 170 valence electrons. The van der Waals surface area contributed by atoms with Gasteiger partial charge in [0, 0.05) is 34.3 Å². The van der Waals surface area contributed by atoms with Crippen LogP contribution in [0.4, 0.5) is 16.0 Å². The van der Waals surface area contributed by atoms with Crippen molar-refractivity contribution in [2.45, 2.75) is 45.1 Å². The summed E-state index contributed by atoms with van der Waals surface area (Å²) in [5.41, 5.74) is 4.70. The van der Waals surface area contributed by atoms with Crippen molar-refractivity contribution in [3.05, 3.63) is 59.4 Å². The Balaban J connectivity index is 1.53. The lowest BCUT2D eigenvalue weighted by molar-refractivity contribution is 0.571. The molecule has 1 aliphatic carbocycles. The SMILES string of the molecule is CSc1cc(-c2nn(CC3CC3)c(Nc3cc(-n4nc(C)cc4C)ncn3)c2C)ccc1F. The number of anilines is 2. The van der Waals surface area contributed by atoms with Gasteiger partial charge in [0.05, 0.1) is 11.4 Å². The number of benzene rings is 1. The summed E-state index contributed by atoms with van der Waals surface area (Å²) in [5.74, 6) is 2.70. The lowest BCUT2D eigenvalue weighted by Gasteiger charge is -2.11. The van der Waals surface area contributed by atoms with Crippen LogP contribution in [0.2, 0.25) is 0 Å². The number of rotatable bonds is 7. The molecule has 0 radical (unpaired) electrons. The average Bonchev–Trinajstić information content (AvgIpc) is 3.49. The van der Waals surface area contributed by atoms with Crippen molar-refractivity contribution in [1.82, 2.24) is 29.5 Å². The zero-order valence-electron chi connectivity index (χ0n) is 19.1. The maximum Gasteiger partial charge on any atom is 0.159 e. The van der Waals surface area contributed by atoms with E-state index in [-0.39, 0.29) is 5.82 Å². The standard InChI is InChI=1S/C24H26FN7S/c1-14-9-15(2)32(29-14)22-11-21(26-13-27-22)28-24-16(3)23(30-31(24)12-17-5-6-17)18-7-8-19(25)20(10-18)33-4/h7-11,13,17H,5-6,12H2,1-4H3,(H,26,27,28). The molecule has 1 N–H and O–H groups in total. The van der Waals surface area contributed by atoms with Crippen molar-refractivity contribution in [3.63, 3.8) is 0 Å². The number of halogens is 1. The highest BCUT2D eigenvalue weighted by Crippen LogP contribution is 2.36. The Morgan fingerprint density at radius 1 is 1.09 bits per heavy atom. The van der Waals surface area contributed by atoms with E-state index in [1.54, 1.807) is 6.07 Å². The minimum absolute atomic E-state index is 0.211. The van der Waals surface area contributed by atoms with E-state index in [1.807, 2.05) is 54.6 Å². The number of thioether (sulfide) groups is 1. The Bertz CT molecular complexity index is 1320. The molecule has 4 aromatic rings. The fourth-order valence-corrected chi connectivity index (χ4v) is 4.49. The summed E-state index contributed by atoms with van der Waals surface area (Å²) in [6.07, 6.45) is 5.85. The quantitative estimate of drug-likeness (QED) is 0.367. The summed E-state index contributed by atoms with van der Waals surface area (Å²) in [7, 11) is 0. The molecular formula is C24H26FN7S. The van der Waals surface area contributed by atoms with Crippen LogP contribution in [-0.2, 0) is 6.54 Å². The summed E-state index contributed by atoms with van der Waals surface area (Å²) in [6, 6.07) is 9.07. The van der Waals surface area contributed by atoms with Crippen LogP contribution in [0.15, 0.2) is 41.6 Å². The van der Waals surface area contributed by atoms with Crippen molar-refractivity contribution in [3.8, 4) is 17.1 Å². The number of aromatic nitrogens is 6. The normalized spacial score (nSPS) is 13.5. The second-order valence-electron chi connectivity index (χ2n) is 8.52. The second kappa shape index (κ2) is 8.62. The summed E-state index contributed by atoms with van der Waals surface area (Å²) in [6.45, 7) is 6.85. The maximum atomic E-state index is 14.1. The Morgan fingerprint density at radius 3 is 2.61 bits per heavy atom. The smallest absolute Gasteiger partial charge is 0.159 e. The topological polar surface area (TPSA) is 73.5 Å². The fourth-order valence-electron chi connectivity index (χ4n) is 3.98. The molecule has 33 heavy (non-hydrogen) atoms. The van der Waals surface area contributed by atoms with Crippen LogP contribution in [0.3, 0.4) is 0 Å². The minimum atomic E-state index is -0.211. The van der Waals surface area contributed by atoms with E-state index >= 15 is 0 Å². The highest BCUT2D eigenvalue weighted by Gasteiger charge is 2.26. The Hall–Kier alpha value is -3.20. The molecule has 9 heteroatoms. The predicted octanol–water partition coefficient (Wildman–Crippen LogP) is 5.47. The Labute approximate surface area is 196 Å². The van der Waals surface area contributed by atoms with Crippen LogP contribution in [0.1, 0.15) is 29.8 Å². The van der Waals surface area contributed by atoms with Crippen molar-refractivity contribution in [1.29, 1.82) is 0 Å². The summed E-state index contributed by atoms with van der Waals surface area (Å²) < 4.78 is 17.9. The second-order valence-corrected chi connectivity index (χ2v) is 9.37. The van der Waals surface area contributed by atoms with E-state index in [4.69, 9.17) is 5.10 Å². The first kappa shape index (κ1) is 21.6. The van der Waals surface area contributed by atoms with Gasteiger partial charge in [-0.1, -0.05) is 0 Å². The largest absolute Gasteiger partial charge is 0.325 e. The van der Waals surface area contributed by atoms with E-state index in [0.29, 0.717) is 22.4 Å².